The zero-order chi connectivity index (χ0) is 23.1. The van der Waals surface area contributed by atoms with E-state index in [0.29, 0.717) is 35.9 Å². The van der Waals surface area contributed by atoms with Crippen molar-refractivity contribution in [1.29, 1.82) is 0 Å². The third kappa shape index (κ3) is 5.88. The average molecular weight is 447 g/mol. The van der Waals surface area contributed by atoms with Gasteiger partial charge in [0.2, 0.25) is 0 Å². The molecule has 0 aliphatic carbocycles. The third-order valence-electron chi connectivity index (χ3n) is 4.91. The zero-order valence-corrected chi connectivity index (χ0v) is 17.8. The maximum absolute atomic E-state index is 13.1. The first-order chi connectivity index (χ1) is 15.3. The molecule has 0 atom stereocenters. The highest BCUT2D eigenvalue weighted by Crippen LogP contribution is 2.29. The number of halogens is 3. The van der Waals surface area contributed by atoms with Crippen LogP contribution in [0.5, 0.6) is 5.75 Å². The van der Waals surface area contributed by atoms with Crippen molar-refractivity contribution in [2.45, 2.75) is 19.3 Å². The molecule has 170 valence electrons. The van der Waals surface area contributed by atoms with Gasteiger partial charge < -0.3 is 18.9 Å². The van der Waals surface area contributed by atoms with Crippen molar-refractivity contribution >= 4 is 5.91 Å². The minimum absolute atomic E-state index is 0.172. The highest BCUT2D eigenvalue weighted by Gasteiger charge is 2.30. The van der Waals surface area contributed by atoms with E-state index in [9.17, 15) is 18.0 Å². The Bertz CT molecular complexity index is 1050. The van der Waals surface area contributed by atoms with Gasteiger partial charge in [-0.15, -0.1) is 0 Å². The predicted molar refractivity (Wildman–Crippen MR) is 112 cm³/mol. The minimum Gasteiger partial charge on any atom is -0.497 e. The molecular formula is C23H24F3N3O3. The summed E-state index contributed by atoms with van der Waals surface area (Å²) >= 11 is 0. The van der Waals surface area contributed by atoms with Crippen LogP contribution in [0.3, 0.4) is 0 Å². The quantitative estimate of drug-likeness (QED) is 0.492. The molecular weight excluding hydrogens is 423 g/mol. The molecule has 32 heavy (non-hydrogen) atoms. The van der Waals surface area contributed by atoms with Crippen LogP contribution in [-0.4, -0.2) is 47.7 Å². The smallest absolute Gasteiger partial charge is 0.416 e. The standard InChI is InChI=1S/C23H24F3N3O3/c1-31-12-11-29(22(30)18-6-4-8-20(14-18)32-2)16-21-27-9-10-28(21)15-17-5-3-7-19(13-17)23(24,25)26/h3-10,13-14H,11-12,15-16H2,1-2H3. The van der Waals surface area contributed by atoms with E-state index in [0.717, 1.165) is 12.1 Å². The second-order valence-corrected chi connectivity index (χ2v) is 7.12. The lowest BCUT2D eigenvalue weighted by atomic mass is 10.1. The molecule has 0 bridgehead atoms. The third-order valence-corrected chi connectivity index (χ3v) is 4.91. The van der Waals surface area contributed by atoms with Gasteiger partial charge in [0.1, 0.15) is 11.6 Å². The van der Waals surface area contributed by atoms with Gasteiger partial charge in [0.15, 0.2) is 0 Å². The molecule has 6 nitrogen and oxygen atoms in total. The van der Waals surface area contributed by atoms with Crippen molar-refractivity contribution in [3.8, 4) is 5.75 Å². The molecule has 2 aromatic carbocycles. The number of methoxy groups -OCH3 is 2. The van der Waals surface area contributed by atoms with Gasteiger partial charge in [0.05, 0.1) is 25.8 Å². The van der Waals surface area contributed by atoms with Crippen LogP contribution in [0.4, 0.5) is 13.2 Å². The topological polar surface area (TPSA) is 56.6 Å². The van der Waals surface area contributed by atoms with E-state index in [1.807, 2.05) is 0 Å². The Morgan fingerprint density at radius 3 is 2.62 bits per heavy atom. The summed E-state index contributed by atoms with van der Waals surface area (Å²) in [4.78, 5) is 19.0. The molecule has 0 saturated heterocycles. The van der Waals surface area contributed by atoms with E-state index < -0.39 is 11.7 Å². The van der Waals surface area contributed by atoms with Crippen molar-refractivity contribution in [1.82, 2.24) is 14.5 Å². The molecule has 0 saturated carbocycles. The summed E-state index contributed by atoms with van der Waals surface area (Å²) in [6.45, 7) is 1.02. The van der Waals surface area contributed by atoms with E-state index in [-0.39, 0.29) is 19.0 Å². The Balaban J connectivity index is 1.81. The van der Waals surface area contributed by atoms with Gasteiger partial charge in [-0.1, -0.05) is 18.2 Å². The van der Waals surface area contributed by atoms with E-state index in [1.54, 1.807) is 59.3 Å². The number of carbonyl (C=O) groups is 1. The van der Waals surface area contributed by atoms with Crippen LogP contribution in [0, 0.1) is 0 Å². The van der Waals surface area contributed by atoms with Gasteiger partial charge in [-0.05, 0) is 35.9 Å². The van der Waals surface area contributed by atoms with Gasteiger partial charge in [-0.3, -0.25) is 4.79 Å². The molecule has 0 spiro atoms. The number of aromatic nitrogens is 2. The van der Waals surface area contributed by atoms with E-state index in [2.05, 4.69) is 4.98 Å². The van der Waals surface area contributed by atoms with Crippen molar-refractivity contribution in [3.63, 3.8) is 0 Å². The summed E-state index contributed by atoms with van der Waals surface area (Å²) in [7, 11) is 3.07. The summed E-state index contributed by atoms with van der Waals surface area (Å²) in [5.41, 5.74) is 0.240. The lowest BCUT2D eigenvalue weighted by Gasteiger charge is -2.23. The van der Waals surface area contributed by atoms with Gasteiger partial charge in [-0.2, -0.15) is 13.2 Å². The van der Waals surface area contributed by atoms with E-state index in [1.165, 1.54) is 13.2 Å². The molecule has 1 heterocycles. The summed E-state index contributed by atoms with van der Waals surface area (Å²) in [6.07, 6.45) is -1.17. The Morgan fingerprint density at radius 2 is 1.91 bits per heavy atom. The number of alkyl halides is 3. The van der Waals surface area contributed by atoms with Gasteiger partial charge in [0.25, 0.3) is 5.91 Å². The molecule has 0 aliphatic heterocycles. The van der Waals surface area contributed by atoms with Crippen LogP contribution in [0.25, 0.3) is 0 Å². The molecule has 0 radical (unpaired) electrons. The highest BCUT2D eigenvalue weighted by atomic mass is 19.4. The van der Waals surface area contributed by atoms with Crippen LogP contribution in [0.1, 0.15) is 27.3 Å². The fraction of sp³-hybridized carbons (Fsp3) is 0.304. The van der Waals surface area contributed by atoms with Crippen molar-refractivity contribution in [2.75, 3.05) is 27.4 Å². The minimum atomic E-state index is -4.41. The van der Waals surface area contributed by atoms with Gasteiger partial charge in [-0.25, -0.2) is 4.98 Å². The molecule has 1 aromatic heterocycles. The molecule has 3 rings (SSSR count). The fourth-order valence-electron chi connectivity index (χ4n) is 3.24. The summed E-state index contributed by atoms with van der Waals surface area (Å²) in [6, 6.07) is 12.0. The number of rotatable bonds is 9. The molecule has 0 fully saturated rings. The van der Waals surface area contributed by atoms with Crippen molar-refractivity contribution in [2.24, 2.45) is 0 Å². The number of ether oxygens (including phenoxy) is 2. The number of imidazole rings is 1. The maximum atomic E-state index is 13.1. The number of carbonyl (C=O) groups excluding carboxylic acids is 1. The van der Waals surface area contributed by atoms with Crippen LogP contribution in [0.2, 0.25) is 0 Å². The summed E-state index contributed by atoms with van der Waals surface area (Å²) < 4.78 is 51.2. The van der Waals surface area contributed by atoms with Crippen LogP contribution in [-0.2, 0) is 24.0 Å². The molecule has 0 aliphatic rings. The second-order valence-electron chi connectivity index (χ2n) is 7.12. The van der Waals surface area contributed by atoms with Crippen LogP contribution < -0.4 is 4.74 Å². The zero-order valence-electron chi connectivity index (χ0n) is 17.8. The largest absolute Gasteiger partial charge is 0.497 e. The second kappa shape index (κ2) is 10.3. The predicted octanol–water partition coefficient (Wildman–Crippen LogP) is 4.25. The first-order valence-electron chi connectivity index (χ1n) is 9.90. The van der Waals surface area contributed by atoms with E-state index in [4.69, 9.17) is 9.47 Å². The molecule has 1 amide bonds. The van der Waals surface area contributed by atoms with Crippen molar-refractivity contribution < 1.29 is 27.4 Å². The van der Waals surface area contributed by atoms with Crippen molar-refractivity contribution in [3.05, 3.63) is 83.4 Å². The molecule has 9 heteroatoms. The Hall–Kier alpha value is -3.33. The molecule has 0 unspecified atom stereocenters. The fourth-order valence-corrected chi connectivity index (χ4v) is 3.24. The number of hydrogen-bond acceptors (Lipinski definition) is 4. The molecule has 3 aromatic rings. The van der Waals surface area contributed by atoms with Crippen LogP contribution >= 0.6 is 0 Å². The SMILES string of the molecule is COCCN(Cc1nccn1Cc1cccc(C(F)(F)F)c1)C(=O)c1cccc(OC)c1. The monoisotopic (exact) mass is 447 g/mol. The summed E-state index contributed by atoms with van der Waals surface area (Å²) in [5.74, 6) is 0.887. The number of amides is 1. The van der Waals surface area contributed by atoms with Crippen LogP contribution in [0.15, 0.2) is 60.9 Å². The highest BCUT2D eigenvalue weighted by molar-refractivity contribution is 5.94. The van der Waals surface area contributed by atoms with Gasteiger partial charge in [0, 0.05) is 38.2 Å². The maximum Gasteiger partial charge on any atom is 0.416 e. The Labute approximate surface area is 184 Å². The number of nitrogens with zero attached hydrogens (tertiary/aromatic N) is 3. The molecule has 0 N–H and O–H groups in total. The lowest BCUT2D eigenvalue weighted by Crippen LogP contribution is -2.34. The number of benzene rings is 2. The first kappa shape index (κ1) is 23.3. The number of hydrogen-bond donors (Lipinski definition) is 0. The Kier molecular flexibility index (Phi) is 7.53. The lowest BCUT2D eigenvalue weighted by molar-refractivity contribution is -0.137. The average Bonchev–Trinajstić information content (AvgIpc) is 3.22. The normalized spacial score (nSPS) is 11.4. The van der Waals surface area contributed by atoms with E-state index >= 15 is 0 Å². The summed E-state index contributed by atoms with van der Waals surface area (Å²) in [5, 5.41) is 0. The first-order valence-corrected chi connectivity index (χ1v) is 9.90. The Morgan fingerprint density at radius 1 is 1.12 bits per heavy atom. The van der Waals surface area contributed by atoms with Gasteiger partial charge >= 0.3 is 6.18 Å².